The summed E-state index contributed by atoms with van der Waals surface area (Å²) in [6, 6.07) is 9.46. The summed E-state index contributed by atoms with van der Waals surface area (Å²) >= 11 is 0. The minimum absolute atomic E-state index is 0.0325. The number of imide groups is 1. The maximum Gasteiger partial charge on any atom is 0.326 e. The van der Waals surface area contributed by atoms with Gasteiger partial charge in [-0.3, -0.25) is 14.5 Å². The van der Waals surface area contributed by atoms with E-state index >= 15 is 0 Å². The lowest BCUT2D eigenvalue weighted by molar-refractivity contribution is -0.131. The van der Waals surface area contributed by atoms with Crippen molar-refractivity contribution >= 4 is 17.8 Å². The molecule has 1 aromatic heterocycles. The molecule has 2 aromatic rings. The van der Waals surface area contributed by atoms with Gasteiger partial charge in [-0.2, -0.15) is 5.10 Å². The first-order valence-corrected chi connectivity index (χ1v) is 8.84. The molecule has 0 bridgehead atoms. The van der Waals surface area contributed by atoms with Crippen LogP contribution < -0.4 is 0 Å². The van der Waals surface area contributed by atoms with Gasteiger partial charge >= 0.3 is 6.03 Å². The SMILES string of the molecule is CN(Cc1cnn(-c2ccccc2)c1)C(=O)CCCN1C(=O)CN(C)C1=O. The van der Waals surface area contributed by atoms with Crippen LogP contribution in [0.15, 0.2) is 42.7 Å². The topological polar surface area (TPSA) is 78.8 Å². The summed E-state index contributed by atoms with van der Waals surface area (Å²) in [5.41, 5.74) is 1.89. The van der Waals surface area contributed by atoms with Gasteiger partial charge in [-0.25, -0.2) is 9.48 Å². The fourth-order valence-corrected chi connectivity index (χ4v) is 2.99. The smallest absolute Gasteiger partial charge is 0.326 e. The number of para-hydroxylation sites is 1. The molecule has 0 N–H and O–H groups in total. The van der Waals surface area contributed by atoms with Crippen LogP contribution in [0.5, 0.6) is 0 Å². The average molecular weight is 369 g/mol. The molecule has 4 amide bonds. The molecule has 1 aromatic carbocycles. The Morgan fingerprint density at radius 1 is 1.22 bits per heavy atom. The Balaban J connectivity index is 1.48. The number of hydrogen-bond acceptors (Lipinski definition) is 4. The number of carbonyl (C=O) groups excluding carboxylic acids is 3. The number of benzene rings is 1. The zero-order valence-corrected chi connectivity index (χ0v) is 15.5. The number of nitrogens with zero attached hydrogens (tertiary/aromatic N) is 5. The van der Waals surface area contributed by atoms with E-state index in [2.05, 4.69) is 5.10 Å². The fraction of sp³-hybridized carbons (Fsp3) is 0.368. The van der Waals surface area contributed by atoms with Crippen molar-refractivity contribution in [2.24, 2.45) is 0 Å². The lowest BCUT2D eigenvalue weighted by Gasteiger charge is -2.17. The maximum atomic E-state index is 12.3. The molecule has 1 aliphatic heterocycles. The Kier molecular flexibility index (Phi) is 5.54. The fourth-order valence-electron chi connectivity index (χ4n) is 2.99. The quantitative estimate of drug-likeness (QED) is 0.693. The molecule has 1 saturated heterocycles. The summed E-state index contributed by atoms with van der Waals surface area (Å²) < 4.78 is 1.77. The molecule has 8 nitrogen and oxygen atoms in total. The summed E-state index contributed by atoms with van der Waals surface area (Å²) in [5.74, 6) is -0.244. The van der Waals surface area contributed by atoms with Crippen LogP contribution in [0.2, 0.25) is 0 Å². The van der Waals surface area contributed by atoms with Crippen molar-refractivity contribution in [2.45, 2.75) is 19.4 Å². The molecule has 0 unspecified atom stereocenters. The normalized spacial score (nSPS) is 14.1. The summed E-state index contributed by atoms with van der Waals surface area (Å²) in [6.07, 6.45) is 4.38. The van der Waals surface area contributed by atoms with Crippen molar-refractivity contribution in [3.05, 3.63) is 48.3 Å². The van der Waals surface area contributed by atoms with Crippen LogP contribution in [0.4, 0.5) is 4.79 Å². The van der Waals surface area contributed by atoms with Gasteiger partial charge in [-0.15, -0.1) is 0 Å². The van der Waals surface area contributed by atoms with Crippen molar-refractivity contribution in [2.75, 3.05) is 27.2 Å². The molecule has 1 fully saturated rings. The van der Waals surface area contributed by atoms with Gasteiger partial charge in [-0.1, -0.05) is 18.2 Å². The van der Waals surface area contributed by atoms with Crippen molar-refractivity contribution < 1.29 is 14.4 Å². The zero-order chi connectivity index (χ0) is 19.4. The summed E-state index contributed by atoms with van der Waals surface area (Å²) in [4.78, 5) is 40.1. The molecular formula is C19H23N5O3. The highest BCUT2D eigenvalue weighted by Crippen LogP contribution is 2.12. The number of carbonyl (C=O) groups is 3. The van der Waals surface area contributed by atoms with Gasteiger partial charge in [0.05, 0.1) is 11.9 Å². The lowest BCUT2D eigenvalue weighted by Crippen LogP contribution is -2.33. The highest BCUT2D eigenvalue weighted by atomic mass is 16.2. The van der Waals surface area contributed by atoms with Gasteiger partial charge < -0.3 is 9.80 Å². The molecule has 0 radical (unpaired) electrons. The summed E-state index contributed by atoms with van der Waals surface area (Å²) in [7, 11) is 3.33. The molecule has 3 rings (SSSR count). The molecule has 2 heterocycles. The summed E-state index contributed by atoms with van der Waals surface area (Å²) in [5, 5.41) is 4.33. The highest BCUT2D eigenvalue weighted by molar-refractivity contribution is 6.01. The van der Waals surface area contributed by atoms with Crippen LogP contribution in [0, 0.1) is 0 Å². The second-order valence-electron chi connectivity index (χ2n) is 6.67. The molecule has 142 valence electrons. The van der Waals surface area contributed by atoms with E-state index in [0.29, 0.717) is 13.0 Å². The van der Waals surface area contributed by atoms with Crippen molar-refractivity contribution in [3.63, 3.8) is 0 Å². The summed E-state index contributed by atoms with van der Waals surface area (Å²) in [6.45, 7) is 0.835. The van der Waals surface area contributed by atoms with Gasteiger partial charge in [0.15, 0.2) is 0 Å². The van der Waals surface area contributed by atoms with Gasteiger partial charge in [0.1, 0.15) is 6.54 Å². The maximum absolute atomic E-state index is 12.3. The van der Waals surface area contributed by atoms with Crippen LogP contribution >= 0.6 is 0 Å². The van der Waals surface area contributed by atoms with E-state index in [0.717, 1.165) is 11.3 Å². The molecule has 0 spiro atoms. The Morgan fingerprint density at radius 3 is 2.63 bits per heavy atom. The van der Waals surface area contributed by atoms with E-state index in [9.17, 15) is 14.4 Å². The minimum atomic E-state index is -0.297. The van der Waals surface area contributed by atoms with E-state index < -0.39 is 0 Å². The van der Waals surface area contributed by atoms with Crippen LogP contribution in [0.3, 0.4) is 0 Å². The Morgan fingerprint density at radius 2 is 1.96 bits per heavy atom. The first kappa shape index (κ1) is 18.6. The van der Waals surface area contributed by atoms with Crippen molar-refractivity contribution in [1.82, 2.24) is 24.5 Å². The monoisotopic (exact) mass is 369 g/mol. The minimum Gasteiger partial charge on any atom is -0.341 e. The predicted molar refractivity (Wildman–Crippen MR) is 99.0 cm³/mol. The van der Waals surface area contributed by atoms with E-state index in [4.69, 9.17) is 0 Å². The van der Waals surface area contributed by atoms with Crippen molar-refractivity contribution in [3.8, 4) is 5.69 Å². The average Bonchev–Trinajstić information content (AvgIpc) is 3.22. The van der Waals surface area contributed by atoms with Gasteiger partial charge in [0.25, 0.3) is 0 Å². The first-order valence-electron chi connectivity index (χ1n) is 8.84. The molecule has 27 heavy (non-hydrogen) atoms. The van der Waals surface area contributed by atoms with Crippen LogP contribution in [-0.2, 0) is 16.1 Å². The van der Waals surface area contributed by atoms with Gasteiger partial charge in [0, 0.05) is 45.4 Å². The second-order valence-corrected chi connectivity index (χ2v) is 6.67. The predicted octanol–water partition coefficient (Wildman–Crippen LogP) is 1.50. The molecular weight excluding hydrogens is 346 g/mol. The van der Waals surface area contributed by atoms with Crippen molar-refractivity contribution in [1.29, 1.82) is 0 Å². The van der Waals surface area contributed by atoms with Gasteiger partial charge in [0.2, 0.25) is 11.8 Å². The number of aromatic nitrogens is 2. The molecule has 0 aliphatic carbocycles. The Bertz CT molecular complexity index is 833. The third-order valence-electron chi connectivity index (χ3n) is 4.51. The van der Waals surface area contributed by atoms with Gasteiger partial charge in [-0.05, 0) is 18.6 Å². The zero-order valence-electron chi connectivity index (χ0n) is 15.5. The number of urea groups is 1. The Hall–Kier alpha value is -3.16. The third kappa shape index (κ3) is 4.33. The van der Waals surface area contributed by atoms with Crippen LogP contribution in [0.25, 0.3) is 5.69 Å². The highest BCUT2D eigenvalue weighted by Gasteiger charge is 2.32. The molecule has 8 heteroatoms. The first-order chi connectivity index (χ1) is 13.0. The lowest BCUT2D eigenvalue weighted by atomic mass is 10.2. The second kappa shape index (κ2) is 8.03. The van der Waals surface area contributed by atoms with E-state index in [-0.39, 0.29) is 37.4 Å². The largest absolute Gasteiger partial charge is 0.341 e. The number of rotatable bonds is 7. The number of amides is 4. The molecule has 1 aliphatic rings. The van der Waals surface area contributed by atoms with E-state index in [1.807, 2.05) is 36.5 Å². The molecule has 0 atom stereocenters. The standard InChI is InChI=1S/C19H23N5O3/c1-21(12-15-11-20-24(13-15)16-7-4-3-5-8-16)17(25)9-6-10-23-18(26)14-22(2)19(23)27/h3-5,7-8,11,13H,6,9-10,12,14H2,1-2H3. The Labute approximate surface area is 158 Å². The van der Waals surface area contributed by atoms with Crippen LogP contribution in [0.1, 0.15) is 18.4 Å². The number of hydrogen-bond donors (Lipinski definition) is 0. The van der Waals surface area contributed by atoms with E-state index in [1.165, 1.54) is 9.80 Å². The van der Waals surface area contributed by atoms with E-state index in [1.54, 1.807) is 29.9 Å². The molecule has 0 saturated carbocycles. The van der Waals surface area contributed by atoms with Crippen LogP contribution in [-0.4, -0.2) is 69.5 Å². The number of likely N-dealkylation sites (N-methyl/N-ethyl adjacent to an activating group) is 1. The third-order valence-corrected chi connectivity index (χ3v) is 4.51.